The number of carbonyl (C=O) groups excluding carboxylic acids is 1. The highest BCUT2D eigenvalue weighted by Crippen LogP contribution is 2.28. The molecule has 108 valence electrons. The zero-order valence-corrected chi connectivity index (χ0v) is 14.0. The molecule has 0 heterocycles. The van der Waals surface area contributed by atoms with Crippen LogP contribution < -0.4 is 4.74 Å². The van der Waals surface area contributed by atoms with E-state index >= 15 is 0 Å². The predicted molar refractivity (Wildman–Crippen MR) is 91.2 cm³/mol. The van der Waals surface area contributed by atoms with E-state index in [9.17, 15) is 4.79 Å². The van der Waals surface area contributed by atoms with Gasteiger partial charge in [-0.3, -0.25) is 4.79 Å². The lowest BCUT2D eigenvalue weighted by molar-refractivity contribution is 0.112. The summed E-state index contributed by atoms with van der Waals surface area (Å²) in [7, 11) is 1.53. The van der Waals surface area contributed by atoms with Crippen LogP contribution >= 0.6 is 27.5 Å². The fourth-order valence-corrected chi connectivity index (χ4v) is 2.58. The Kier molecular flexibility index (Phi) is 5.21. The maximum atomic E-state index is 10.9. The summed E-state index contributed by atoms with van der Waals surface area (Å²) >= 11 is 9.71. The second-order valence-corrected chi connectivity index (χ2v) is 5.78. The highest BCUT2D eigenvalue weighted by molar-refractivity contribution is 9.10. The molecule has 0 N–H and O–H groups in total. The summed E-state index contributed by atoms with van der Waals surface area (Å²) in [6.07, 6.45) is 4.63. The molecule has 0 saturated heterocycles. The number of carbonyl (C=O) groups is 1. The predicted octanol–water partition coefficient (Wildman–Crippen LogP) is 5.40. The Balaban J connectivity index is 2.41. The Morgan fingerprint density at radius 1 is 1.14 bits per heavy atom. The largest absolute Gasteiger partial charge is 0.496 e. The van der Waals surface area contributed by atoms with Crippen LogP contribution in [0.3, 0.4) is 0 Å². The van der Waals surface area contributed by atoms with Crippen LogP contribution in [0.25, 0.3) is 12.2 Å². The van der Waals surface area contributed by atoms with Gasteiger partial charge >= 0.3 is 0 Å². The highest BCUT2D eigenvalue weighted by atomic mass is 79.9. The van der Waals surface area contributed by atoms with Crippen LogP contribution in [-0.2, 0) is 0 Å². The number of halogens is 2. The summed E-state index contributed by atoms with van der Waals surface area (Å²) in [6.45, 7) is 2.04. The summed E-state index contributed by atoms with van der Waals surface area (Å²) in [5.41, 5.74) is 3.50. The Labute approximate surface area is 137 Å². The molecule has 0 unspecified atom stereocenters. The molecule has 21 heavy (non-hydrogen) atoms. The smallest absolute Gasteiger partial charge is 0.153 e. The molecule has 0 saturated carbocycles. The molecule has 0 aliphatic carbocycles. The number of ether oxygens (including phenoxy) is 1. The van der Waals surface area contributed by atoms with Gasteiger partial charge in [-0.25, -0.2) is 0 Å². The number of aldehydes is 1. The van der Waals surface area contributed by atoms with Crippen molar-refractivity contribution < 1.29 is 9.53 Å². The third-order valence-electron chi connectivity index (χ3n) is 3.23. The van der Waals surface area contributed by atoms with E-state index in [4.69, 9.17) is 16.3 Å². The van der Waals surface area contributed by atoms with Crippen molar-refractivity contribution in [1.29, 1.82) is 0 Å². The third kappa shape index (κ3) is 3.55. The highest BCUT2D eigenvalue weighted by Gasteiger charge is 2.07. The van der Waals surface area contributed by atoms with Gasteiger partial charge in [0.15, 0.2) is 6.29 Å². The molecular weight excluding hydrogens is 352 g/mol. The van der Waals surface area contributed by atoms with Gasteiger partial charge in [-0.15, -0.1) is 0 Å². The topological polar surface area (TPSA) is 26.3 Å². The average Bonchev–Trinajstić information content (AvgIpc) is 2.49. The van der Waals surface area contributed by atoms with E-state index in [2.05, 4.69) is 15.9 Å². The first-order valence-corrected chi connectivity index (χ1v) is 7.50. The van der Waals surface area contributed by atoms with Gasteiger partial charge in [-0.2, -0.15) is 0 Å². The number of hydrogen-bond acceptors (Lipinski definition) is 2. The fourth-order valence-electron chi connectivity index (χ4n) is 1.97. The lowest BCUT2D eigenvalue weighted by Gasteiger charge is -2.07. The quantitative estimate of drug-likeness (QED) is 0.535. The van der Waals surface area contributed by atoms with E-state index in [1.807, 2.05) is 37.3 Å². The van der Waals surface area contributed by atoms with Crippen LogP contribution in [0.2, 0.25) is 5.02 Å². The van der Waals surface area contributed by atoms with Crippen molar-refractivity contribution >= 4 is 46.0 Å². The first-order valence-electron chi connectivity index (χ1n) is 6.32. The van der Waals surface area contributed by atoms with E-state index < -0.39 is 0 Å². The molecule has 2 aromatic carbocycles. The summed E-state index contributed by atoms with van der Waals surface area (Å²) < 4.78 is 6.26. The first-order chi connectivity index (χ1) is 10.1. The van der Waals surface area contributed by atoms with E-state index in [0.29, 0.717) is 16.3 Å². The van der Waals surface area contributed by atoms with Crippen molar-refractivity contribution in [2.75, 3.05) is 7.11 Å². The Hall–Kier alpha value is -1.58. The number of benzene rings is 2. The van der Waals surface area contributed by atoms with Gasteiger partial charge < -0.3 is 4.74 Å². The van der Waals surface area contributed by atoms with Gasteiger partial charge in [-0.05, 0) is 41.8 Å². The summed E-state index contributed by atoms with van der Waals surface area (Å²) in [4.78, 5) is 10.9. The minimum absolute atomic E-state index is 0.443. The van der Waals surface area contributed by atoms with E-state index in [0.717, 1.165) is 27.4 Å². The minimum Gasteiger partial charge on any atom is -0.496 e. The van der Waals surface area contributed by atoms with Gasteiger partial charge in [-0.1, -0.05) is 51.8 Å². The zero-order chi connectivity index (χ0) is 15.4. The molecule has 0 amide bonds. The SMILES string of the molecule is COc1cc(C=Cc2cccc(Br)c2C)c(Cl)cc1C=O. The van der Waals surface area contributed by atoms with Gasteiger partial charge in [0.05, 0.1) is 12.7 Å². The fraction of sp³-hybridized carbons (Fsp3) is 0.118. The molecule has 0 aromatic heterocycles. The van der Waals surface area contributed by atoms with Crippen LogP contribution in [-0.4, -0.2) is 13.4 Å². The maximum Gasteiger partial charge on any atom is 0.153 e. The molecule has 0 aliphatic rings. The zero-order valence-electron chi connectivity index (χ0n) is 11.7. The number of hydrogen-bond donors (Lipinski definition) is 0. The molecule has 0 aliphatic heterocycles. The van der Waals surface area contributed by atoms with Gasteiger partial charge in [0.1, 0.15) is 5.75 Å². The van der Waals surface area contributed by atoms with E-state index in [1.165, 1.54) is 7.11 Å². The van der Waals surface area contributed by atoms with Crippen molar-refractivity contribution in [2.45, 2.75) is 6.92 Å². The van der Waals surface area contributed by atoms with E-state index in [-0.39, 0.29) is 0 Å². The van der Waals surface area contributed by atoms with E-state index in [1.54, 1.807) is 12.1 Å². The maximum absolute atomic E-state index is 10.9. The van der Waals surface area contributed by atoms with Crippen molar-refractivity contribution in [2.24, 2.45) is 0 Å². The van der Waals surface area contributed by atoms with Crippen LogP contribution in [0.1, 0.15) is 27.0 Å². The van der Waals surface area contributed by atoms with Crippen molar-refractivity contribution in [3.8, 4) is 5.75 Å². The van der Waals surface area contributed by atoms with Crippen LogP contribution in [0.15, 0.2) is 34.8 Å². The second-order valence-electron chi connectivity index (χ2n) is 4.52. The van der Waals surface area contributed by atoms with Crippen LogP contribution in [0.4, 0.5) is 0 Å². The van der Waals surface area contributed by atoms with Gasteiger partial charge in [0.2, 0.25) is 0 Å². The van der Waals surface area contributed by atoms with Gasteiger partial charge in [0, 0.05) is 9.50 Å². The Morgan fingerprint density at radius 3 is 2.52 bits per heavy atom. The number of methoxy groups -OCH3 is 1. The first kappa shape index (κ1) is 15.8. The van der Waals surface area contributed by atoms with Gasteiger partial charge in [0.25, 0.3) is 0 Å². The molecule has 4 heteroatoms. The molecule has 0 radical (unpaired) electrons. The lowest BCUT2D eigenvalue weighted by atomic mass is 10.1. The standard InChI is InChI=1S/C17H14BrClO2/c1-11-12(4-3-5-15(11)18)6-7-13-9-17(21-2)14(10-20)8-16(13)19/h3-10H,1-2H3. The molecule has 0 atom stereocenters. The van der Waals surface area contributed by atoms with Crippen molar-refractivity contribution in [1.82, 2.24) is 0 Å². The monoisotopic (exact) mass is 364 g/mol. The summed E-state index contributed by atoms with van der Waals surface area (Å²) in [5.74, 6) is 0.514. The minimum atomic E-state index is 0.443. The molecule has 2 aromatic rings. The van der Waals surface area contributed by atoms with Crippen molar-refractivity contribution in [3.63, 3.8) is 0 Å². The summed E-state index contributed by atoms with van der Waals surface area (Å²) in [6, 6.07) is 9.38. The summed E-state index contributed by atoms with van der Waals surface area (Å²) in [5, 5.41) is 0.516. The Bertz CT molecular complexity index is 708. The van der Waals surface area contributed by atoms with Crippen LogP contribution in [0.5, 0.6) is 5.75 Å². The van der Waals surface area contributed by atoms with Crippen LogP contribution in [0, 0.1) is 6.92 Å². The lowest BCUT2D eigenvalue weighted by Crippen LogP contribution is -1.92. The molecule has 0 fully saturated rings. The third-order valence-corrected chi connectivity index (χ3v) is 4.41. The second kappa shape index (κ2) is 6.92. The number of rotatable bonds is 4. The molecule has 0 bridgehead atoms. The Morgan fingerprint density at radius 2 is 1.86 bits per heavy atom. The average molecular weight is 366 g/mol. The molecule has 0 spiro atoms. The van der Waals surface area contributed by atoms with Crippen molar-refractivity contribution in [3.05, 3.63) is 62.1 Å². The molecule has 2 rings (SSSR count). The molecular formula is C17H14BrClO2. The normalized spacial score (nSPS) is 10.9. The molecule has 2 nitrogen and oxygen atoms in total.